The van der Waals surface area contributed by atoms with E-state index in [1.807, 2.05) is 18.2 Å². The Balaban J connectivity index is 1.85. The van der Waals surface area contributed by atoms with Crippen LogP contribution in [-0.4, -0.2) is 24.5 Å². The number of amides is 1. The van der Waals surface area contributed by atoms with Crippen LogP contribution in [0, 0.1) is 0 Å². The fourth-order valence-electron chi connectivity index (χ4n) is 3.20. The average molecular weight is 317 g/mol. The van der Waals surface area contributed by atoms with Gasteiger partial charge in [0.05, 0.1) is 6.04 Å². The molecule has 0 unspecified atom stereocenters. The largest absolute Gasteiger partial charge is 0.352 e. The number of hydrogen-bond acceptors (Lipinski definition) is 3. The molecule has 0 spiro atoms. The summed E-state index contributed by atoms with van der Waals surface area (Å²) in [6.45, 7) is 1.42. The summed E-state index contributed by atoms with van der Waals surface area (Å²) in [4.78, 5) is 12.6. The highest BCUT2D eigenvalue weighted by molar-refractivity contribution is 5.82. The van der Waals surface area contributed by atoms with Crippen LogP contribution < -0.4 is 16.4 Å². The van der Waals surface area contributed by atoms with Crippen LogP contribution in [0.1, 0.15) is 56.9 Å². The summed E-state index contributed by atoms with van der Waals surface area (Å²) in [5.74, 6) is 0.157. The molecular formula is C19H31N3O. The molecule has 4 nitrogen and oxygen atoms in total. The summed E-state index contributed by atoms with van der Waals surface area (Å²) >= 11 is 0. The van der Waals surface area contributed by atoms with Crippen LogP contribution in [0.25, 0.3) is 0 Å². The Bertz CT molecular complexity index is 443. The van der Waals surface area contributed by atoms with Gasteiger partial charge in [0, 0.05) is 12.6 Å². The van der Waals surface area contributed by atoms with Crippen LogP contribution in [0.15, 0.2) is 30.3 Å². The molecule has 0 bridgehead atoms. The van der Waals surface area contributed by atoms with E-state index in [0.717, 1.165) is 38.6 Å². The first-order valence-electron chi connectivity index (χ1n) is 9.07. The van der Waals surface area contributed by atoms with Gasteiger partial charge in [0.1, 0.15) is 0 Å². The zero-order chi connectivity index (χ0) is 16.3. The van der Waals surface area contributed by atoms with Gasteiger partial charge in [0.2, 0.25) is 5.91 Å². The van der Waals surface area contributed by atoms with E-state index in [1.54, 1.807) is 0 Å². The summed E-state index contributed by atoms with van der Waals surface area (Å²) in [7, 11) is 0. The van der Waals surface area contributed by atoms with E-state index >= 15 is 0 Å². The lowest BCUT2D eigenvalue weighted by molar-refractivity contribution is -0.124. The molecular weight excluding hydrogens is 286 g/mol. The van der Waals surface area contributed by atoms with Gasteiger partial charge in [-0.05, 0) is 37.8 Å². The lowest BCUT2D eigenvalue weighted by Crippen LogP contribution is -2.48. The van der Waals surface area contributed by atoms with Crippen molar-refractivity contribution in [2.24, 2.45) is 5.73 Å². The van der Waals surface area contributed by atoms with Crippen molar-refractivity contribution in [2.45, 2.75) is 70.0 Å². The topological polar surface area (TPSA) is 67.1 Å². The van der Waals surface area contributed by atoms with Gasteiger partial charge in [-0.2, -0.15) is 0 Å². The third kappa shape index (κ3) is 6.71. The summed E-state index contributed by atoms with van der Waals surface area (Å²) in [6, 6.07) is 10.5. The molecule has 1 aromatic carbocycles. The molecule has 1 saturated carbocycles. The molecule has 0 heterocycles. The maximum absolute atomic E-state index is 12.6. The molecule has 1 amide bonds. The van der Waals surface area contributed by atoms with Crippen LogP contribution in [0.5, 0.6) is 0 Å². The van der Waals surface area contributed by atoms with Crippen LogP contribution >= 0.6 is 0 Å². The number of hydrogen-bond donors (Lipinski definition) is 3. The maximum atomic E-state index is 12.6. The van der Waals surface area contributed by atoms with Crippen molar-refractivity contribution in [1.82, 2.24) is 10.6 Å². The van der Waals surface area contributed by atoms with Crippen molar-refractivity contribution < 1.29 is 4.79 Å². The highest BCUT2D eigenvalue weighted by Crippen LogP contribution is 2.17. The Labute approximate surface area is 140 Å². The SMILES string of the molecule is NCCCC[C@H](NCc1ccccc1)C(=O)NC1CCCCC1. The molecule has 23 heavy (non-hydrogen) atoms. The van der Waals surface area contributed by atoms with Crippen LogP contribution in [-0.2, 0) is 11.3 Å². The van der Waals surface area contributed by atoms with Gasteiger partial charge in [0.25, 0.3) is 0 Å². The maximum Gasteiger partial charge on any atom is 0.237 e. The van der Waals surface area contributed by atoms with E-state index in [0.29, 0.717) is 12.6 Å². The predicted molar refractivity (Wildman–Crippen MR) is 95.0 cm³/mol. The molecule has 0 radical (unpaired) electrons. The Morgan fingerprint density at radius 3 is 2.57 bits per heavy atom. The van der Waals surface area contributed by atoms with Crippen LogP contribution in [0.2, 0.25) is 0 Å². The number of nitrogens with two attached hydrogens (primary N) is 1. The summed E-state index contributed by atoms with van der Waals surface area (Å²) in [6.07, 6.45) is 8.84. The first-order valence-corrected chi connectivity index (χ1v) is 9.07. The minimum absolute atomic E-state index is 0.122. The number of nitrogens with one attached hydrogen (secondary N) is 2. The summed E-state index contributed by atoms with van der Waals surface area (Å²) in [5.41, 5.74) is 6.79. The van der Waals surface area contributed by atoms with Gasteiger partial charge < -0.3 is 16.4 Å². The predicted octanol–water partition coefficient (Wildman–Crippen LogP) is 2.72. The molecule has 1 atom stereocenters. The van der Waals surface area contributed by atoms with Crippen LogP contribution in [0.3, 0.4) is 0 Å². The zero-order valence-electron chi connectivity index (χ0n) is 14.1. The molecule has 0 saturated heterocycles. The Kier molecular flexibility index (Phi) is 8.12. The average Bonchev–Trinajstić information content (AvgIpc) is 2.59. The second-order valence-corrected chi connectivity index (χ2v) is 6.55. The van der Waals surface area contributed by atoms with E-state index in [2.05, 4.69) is 22.8 Å². The normalized spacial score (nSPS) is 16.9. The van der Waals surface area contributed by atoms with Gasteiger partial charge in [-0.15, -0.1) is 0 Å². The van der Waals surface area contributed by atoms with E-state index in [4.69, 9.17) is 5.73 Å². The minimum Gasteiger partial charge on any atom is -0.352 e. The van der Waals surface area contributed by atoms with Gasteiger partial charge in [-0.1, -0.05) is 56.0 Å². The van der Waals surface area contributed by atoms with Gasteiger partial charge in [-0.25, -0.2) is 0 Å². The number of rotatable bonds is 9. The molecule has 0 aliphatic heterocycles. The van der Waals surface area contributed by atoms with Gasteiger partial charge in [0.15, 0.2) is 0 Å². The van der Waals surface area contributed by atoms with Crippen molar-refractivity contribution >= 4 is 5.91 Å². The number of carbonyl (C=O) groups is 1. The van der Waals surface area contributed by atoms with Crippen molar-refractivity contribution in [3.05, 3.63) is 35.9 Å². The molecule has 128 valence electrons. The fourth-order valence-corrected chi connectivity index (χ4v) is 3.20. The Morgan fingerprint density at radius 1 is 1.13 bits per heavy atom. The molecule has 2 rings (SSSR count). The van der Waals surface area contributed by atoms with Crippen LogP contribution in [0.4, 0.5) is 0 Å². The monoisotopic (exact) mass is 317 g/mol. The summed E-state index contributed by atoms with van der Waals surface area (Å²) in [5, 5.41) is 6.68. The van der Waals surface area contributed by atoms with Gasteiger partial charge in [-0.3, -0.25) is 4.79 Å². The lowest BCUT2D eigenvalue weighted by atomic mass is 9.95. The van der Waals surface area contributed by atoms with Gasteiger partial charge >= 0.3 is 0 Å². The first kappa shape index (κ1) is 18.0. The van der Waals surface area contributed by atoms with Crippen molar-refractivity contribution in [3.8, 4) is 0 Å². The Morgan fingerprint density at radius 2 is 1.87 bits per heavy atom. The first-order chi connectivity index (χ1) is 11.3. The number of unbranched alkanes of at least 4 members (excludes halogenated alkanes) is 1. The fraction of sp³-hybridized carbons (Fsp3) is 0.632. The quantitative estimate of drug-likeness (QED) is 0.614. The minimum atomic E-state index is -0.122. The van der Waals surface area contributed by atoms with E-state index < -0.39 is 0 Å². The molecule has 4 heteroatoms. The number of carbonyl (C=O) groups excluding carboxylic acids is 1. The van der Waals surface area contributed by atoms with E-state index in [1.165, 1.54) is 24.8 Å². The molecule has 0 aromatic heterocycles. The molecule has 4 N–H and O–H groups in total. The smallest absolute Gasteiger partial charge is 0.237 e. The standard InChI is InChI=1S/C19H31N3O/c20-14-8-7-13-18(21-15-16-9-3-1-4-10-16)19(23)22-17-11-5-2-6-12-17/h1,3-4,9-10,17-18,21H,2,5-8,11-15,20H2,(H,22,23)/t18-/m0/s1. The molecule has 1 aliphatic carbocycles. The molecule has 1 aromatic rings. The van der Waals surface area contributed by atoms with E-state index in [-0.39, 0.29) is 11.9 Å². The second-order valence-electron chi connectivity index (χ2n) is 6.55. The highest BCUT2D eigenvalue weighted by Gasteiger charge is 2.22. The van der Waals surface area contributed by atoms with Crippen molar-refractivity contribution in [1.29, 1.82) is 0 Å². The molecule has 1 aliphatic rings. The number of benzene rings is 1. The zero-order valence-corrected chi connectivity index (χ0v) is 14.1. The third-order valence-electron chi connectivity index (χ3n) is 4.61. The van der Waals surface area contributed by atoms with Crippen molar-refractivity contribution in [2.75, 3.05) is 6.54 Å². The summed E-state index contributed by atoms with van der Waals surface area (Å²) < 4.78 is 0. The molecule has 1 fully saturated rings. The third-order valence-corrected chi connectivity index (χ3v) is 4.61. The van der Waals surface area contributed by atoms with Crippen molar-refractivity contribution in [3.63, 3.8) is 0 Å². The highest BCUT2D eigenvalue weighted by atomic mass is 16.2. The lowest BCUT2D eigenvalue weighted by Gasteiger charge is -2.26. The second kappa shape index (κ2) is 10.4. The van der Waals surface area contributed by atoms with E-state index in [9.17, 15) is 4.79 Å². The Hall–Kier alpha value is -1.39.